The Morgan fingerprint density at radius 2 is 2.00 bits per heavy atom. The van der Waals surface area contributed by atoms with Crippen molar-refractivity contribution in [3.63, 3.8) is 0 Å². The van der Waals surface area contributed by atoms with E-state index in [4.69, 9.17) is 0 Å². The fourth-order valence-electron chi connectivity index (χ4n) is 4.62. The van der Waals surface area contributed by atoms with Crippen LogP contribution in [0.15, 0.2) is 30.9 Å². The van der Waals surface area contributed by atoms with E-state index in [-0.39, 0.29) is 5.54 Å². The summed E-state index contributed by atoms with van der Waals surface area (Å²) in [6.07, 6.45) is 14.0. The Balaban J connectivity index is 1.57. The number of fused-ring (bicyclic) bond motifs is 1. The van der Waals surface area contributed by atoms with E-state index in [1.54, 1.807) is 6.20 Å². The molecular formula is C19H24N6. The van der Waals surface area contributed by atoms with Gasteiger partial charge in [-0.3, -0.25) is 0 Å². The zero-order valence-corrected chi connectivity index (χ0v) is 14.4. The SMILES string of the molecule is c1c[nH]c(-c2c[nH]c3nccc(N4CCCC5(CCCCN5)C4)c23)n1. The monoisotopic (exact) mass is 336 g/mol. The van der Waals surface area contributed by atoms with E-state index in [0.29, 0.717) is 0 Å². The molecule has 3 aromatic rings. The summed E-state index contributed by atoms with van der Waals surface area (Å²) in [4.78, 5) is 18.1. The van der Waals surface area contributed by atoms with E-state index in [9.17, 15) is 0 Å². The van der Waals surface area contributed by atoms with Crippen molar-refractivity contribution in [2.45, 2.75) is 37.6 Å². The Bertz CT molecular complexity index is 854. The first-order valence-corrected chi connectivity index (χ1v) is 9.31. The molecule has 1 spiro atoms. The van der Waals surface area contributed by atoms with Crippen LogP contribution in [0, 0.1) is 0 Å². The molecule has 25 heavy (non-hydrogen) atoms. The van der Waals surface area contributed by atoms with Crippen molar-refractivity contribution in [3.8, 4) is 11.4 Å². The zero-order valence-electron chi connectivity index (χ0n) is 14.4. The Hall–Kier alpha value is -2.34. The van der Waals surface area contributed by atoms with Crippen LogP contribution in [0.5, 0.6) is 0 Å². The van der Waals surface area contributed by atoms with Gasteiger partial charge in [0.05, 0.1) is 11.1 Å². The molecule has 6 heteroatoms. The molecule has 2 saturated heterocycles. The van der Waals surface area contributed by atoms with Crippen molar-refractivity contribution >= 4 is 16.7 Å². The number of pyridine rings is 1. The normalized spacial score (nSPS) is 24.2. The highest BCUT2D eigenvalue weighted by Crippen LogP contribution is 2.37. The van der Waals surface area contributed by atoms with E-state index in [1.807, 2.05) is 18.6 Å². The second-order valence-electron chi connectivity index (χ2n) is 7.38. The second kappa shape index (κ2) is 5.88. The molecule has 5 rings (SSSR count). The average molecular weight is 336 g/mol. The lowest BCUT2D eigenvalue weighted by atomic mass is 9.81. The number of hydrogen-bond acceptors (Lipinski definition) is 4. The second-order valence-corrected chi connectivity index (χ2v) is 7.38. The van der Waals surface area contributed by atoms with Crippen LogP contribution in [0.4, 0.5) is 5.69 Å². The molecule has 0 radical (unpaired) electrons. The molecule has 0 saturated carbocycles. The fraction of sp³-hybridized carbons (Fsp3) is 0.474. The van der Waals surface area contributed by atoms with Gasteiger partial charge in [0.15, 0.2) is 0 Å². The van der Waals surface area contributed by atoms with Gasteiger partial charge < -0.3 is 20.2 Å². The Kier molecular flexibility index (Phi) is 3.52. The molecule has 2 aliphatic heterocycles. The van der Waals surface area contributed by atoms with E-state index >= 15 is 0 Å². The Labute approximate surface area is 147 Å². The average Bonchev–Trinajstić information content (AvgIpc) is 3.31. The molecular weight excluding hydrogens is 312 g/mol. The topological polar surface area (TPSA) is 72.6 Å². The van der Waals surface area contributed by atoms with Crippen LogP contribution in [0.1, 0.15) is 32.1 Å². The van der Waals surface area contributed by atoms with Crippen LogP contribution in [-0.4, -0.2) is 45.1 Å². The van der Waals surface area contributed by atoms with Crippen molar-refractivity contribution in [3.05, 3.63) is 30.9 Å². The molecule has 1 unspecified atom stereocenters. The minimum absolute atomic E-state index is 0.285. The molecule has 3 N–H and O–H groups in total. The Morgan fingerprint density at radius 1 is 1.04 bits per heavy atom. The minimum atomic E-state index is 0.285. The lowest BCUT2D eigenvalue weighted by Gasteiger charge is -2.47. The van der Waals surface area contributed by atoms with Gasteiger partial charge >= 0.3 is 0 Å². The van der Waals surface area contributed by atoms with Gasteiger partial charge in [-0.2, -0.15) is 0 Å². The summed E-state index contributed by atoms with van der Waals surface area (Å²) in [6, 6.07) is 2.16. The lowest BCUT2D eigenvalue weighted by molar-refractivity contribution is 0.216. The lowest BCUT2D eigenvalue weighted by Crippen LogP contribution is -2.59. The van der Waals surface area contributed by atoms with Gasteiger partial charge in [0.1, 0.15) is 11.5 Å². The van der Waals surface area contributed by atoms with Crippen molar-refractivity contribution in [1.29, 1.82) is 0 Å². The maximum absolute atomic E-state index is 4.53. The van der Waals surface area contributed by atoms with Crippen LogP contribution < -0.4 is 10.2 Å². The zero-order chi connectivity index (χ0) is 16.7. The molecule has 2 fully saturated rings. The first-order chi connectivity index (χ1) is 12.3. The largest absolute Gasteiger partial charge is 0.369 e. The van der Waals surface area contributed by atoms with Crippen LogP contribution in [0.25, 0.3) is 22.4 Å². The van der Waals surface area contributed by atoms with Crippen LogP contribution in [-0.2, 0) is 0 Å². The molecule has 1 atom stereocenters. The molecule has 0 aliphatic carbocycles. The number of piperidine rings is 2. The molecule has 5 heterocycles. The number of rotatable bonds is 2. The standard InChI is InChI=1S/C19H24N6/c1-2-7-24-19(5-1)6-3-11-25(13-19)15-4-8-20-18-16(15)14(12-23-18)17-21-9-10-22-17/h4,8-10,12,24H,1-3,5-7,11,13H2,(H,20,23)(H,21,22). The van der Waals surface area contributed by atoms with Crippen LogP contribution in [0.2, 0.25) is 0 Å². The van der Waals surface area contributed by atoms with Gasteiger partial charge in [0.2, 0.25) is 0 Å². The number of aromatic amines is 2. The summed E-state index contributed by atoms with van der Waals surface area (Å²) in [7, 11) is 0. The summed E-state index contributed by atoms with van der Waals surface area (Å²) >= 11 is 0. The van der Waals surface area contributed by atoms with Gasteiger partial charge in [-0.15, -0.1) is 0 Å². The molecule has 6 nitrogen and oxygen atoms in total. The molecule has 0 amide bonds. The van der Waals surface area contributed by atoms with E-state index < -0.39 is 0 Å². The fourth-order valence-corrected chi connectivity index (χ4v) is 4.62. The number of aromatic nitrogens is 4. The smallest absolute Gasteiger partial charge is 0.140 e. The minimum Gasteiger partial charge on any atom is -0.369 e. The summed E-state index contributed by atoms with van der Waals surface area (Å²) in [5, 5.41) is 5.01. The predicted octanol–water partition coefficient (Wildman–Crippen LogP) is 3.07. The number of H-pyrrole nitrogens is 2. The van der Waals surface area contributed by atoms with Gasteiger partial charge in [-0.25, -0.2) is 9.97 Å². The van der Waals surface area contributed by atoms with Crippen molar-refractivity contribution in [2.75, 3.05) is 24.5 Å². The maximum Gasteiger partial charge on any atom is 0.140 e. The number of nitrogens with zero attached hydrogens (tertiary/aromatic N) is 3. The third kappa shape index (κ3) is 2.52. The molecule has 2 aliphatic rings. The van der Waals surface area contributed by atoms with Gasteiger partial charge in [0.25, 0.3) is 0 Å². The number of nitrogens with one attached hydrogen (secondary N) is 3. The molecule has 130 valence electrons. The number of hydrogen-bond donors (Lipinski definition) is 3. The summed E-state index contributed by atoms with van der Waals surface area (Å²) in [5.41, 5.74) is 3.58. The van der Waals surface area contributed by atoms with Gasteiger partial charge in [0, 0.05) is 49.0 Å². The number of anilines is 1. The predicted molar refractivity (Wildman–Crippen MR) is 99.7 cm³/mol. The van der Waals surface area contributed by atoms with E-state index in [1.165, 1.54) is 43.2 Å². The molecule has 3 aromatic heterocycles. The quantitative estimate of drug-likeness (QED) is 0.672. The highest BCUT2D eigenvalue weighted by molar-refractivity contribution is 6.01. The Morgan fingerprint density at radius 3 is 2.84 bits per heavy atom. The van der Waals surface area contributed by atoms with E-state index in [2.05, 4.69) is 36.2 Å². The highest BCUT2D eigenvalue weighted by atomic mass is 15.2. The highest BCUT2D eigenvalue weighted by Gasteiger charge is 2.37. The van der Waals surface area contributed by atoms with Crippen molar-refractivity contribution in [2.24, 2.45) is 0 Å². The van der Waals surface area contributed by atoms with E-state index in [0.717, 1.165) is 36.7 Å². The third-order valence-corrected chi connectivity index (χ3v) is 5.80. The first-order valence-electron chi connectivity index (χ1n) is 9.31. The van der Waals surface area contributed by atoms with Crippen molar-refractivity contribution < 1.29 is 0 Å². The summed E-state index contributed by atoms with van der Waals surface area (Å²) < 4.78 is 0. The molecule has 0 aromatic carbocycles. The van der Waals surface area contributed by atoms with Crippen LogP contribution in [0.3, 0.4) is 0 Å². The summed E-state index contributed by atoms with van der Waals surface area (Å²) in [6.45, 7) is 3.33. The van der Waals surface area contributed by atoms with Gasteiger partial charge in [-0.1, -0.05) is 6.42 Å². The number of imidazole rings is 1. The first kappa shape index (κ1) is 15.0. The summed E-state index contributed by atoms with van der Waals surface area (Å²) in [5.74, 6) is 0.892. The third-order valence-electron chi connectivity index (χ3n) is 5.80. The van der Waals surface area contributed by atoms with Crippen LogP contribution >= 0.6 is 0 Å². The molecule has 0 bridgehead atoms. The van der Waals surface area contributed by atoms with Gasteiger partial charge in [-0.05, 0) is 38.3 Å². The maximum atomic E-state index is 4.53. The van der Waals surface area contributed by atoms with Crippen molar-refractivity contribution in [1.82, 2.24) is 25.3 Å².